The normalized spacial score (nSPS) is 12.4. The lowest BCUT2D eigenvalue weighted by Gasteiger charge is -2.17. The van der Waals surface area contributed by atoms with E-state index in [1.54, 1.807) is 0 Å². The number of rotatable bonds is 6. The maximum Gasteiger partial charge on any atom is -0.00608 e. The van der Waals surface area contributed by atoms with E-state index in [1.807, 2.05) is 6.08 Å². The molecule has 5 aromatic rings. The number of benzene rings is 5. The average Bonchev–Trinajstić information content (AvgIpc) is 2.94. The Kier molecular flexibility index (Phi) is 7.16. The first kappa shape index (κ1) is 25.5. The number of hydrogen-bond acceptors (Lipinski definition) is 0. The highest BCUT2D eigenvalue weighted by Crippen LogP contribution is 2.35. The lowest BCUT2D eigenvalue weighted by atomic mass is 9.86. The third-order valence-electron chi connectivity index (χ3n) is 7.69. The zero-order chi connectivity index (χ0) is 26.8. The molecule has 0 aliphatic rings. The Morgan fingerprint density at radius 3 is 2.18 bits per heavy atom. The topological polar surface area (TPSA) is 0 Å². The zero-order valence-electron chi connectivity index (χ0n) is 23.1. The van der Waals surface area contributed by atoms with Gasteiger partial charge in [-0.1, -0.05) is 117 Å². The van der Waals surface area contributed by atoms with E-state index >= 15 is 0 Å². The van der Waals surface area contributed by atoms with Gasteiger partial charge in [-0.05, 0) is 110 Å². The number of hydrogen-bond donors (Lipinski definition) is 0. The molecule has 0 radical (unpaired) electrons. The van der Waals surface area contributed by atoms with Gasteiger partial charge in [0.15, 0.2) is 0 Å². The van der Waals surface area contributed by atoms with Crippen LogP contribution < -0.4 is 10.4 Å². The van der Waals surface area contributed by atoms with E-state index in [0.717, 1.165) is 18.4 Å². The fraction of sp³-hybridized carbons (Fsp3) is 0.158. The maximum absolute atomic E-state index is 4.13. The van der Waals surface area contributed by atoms with Gasteiger partial charge >= 0.3 is 0 Å². The molecule has 0 heterocycles. The molecule has 0 heteroatoms. The van der Waals surface area contributed by atoms with Crippen molar-refractivity contribution in [2.45, 2.75) is 40.5 Å². The molecule has 0 nitrogen and oxygen atoms in total. The Balaban J connectivity index is 1.84. The molecule has 0 spiro atoms. The first-order chi connectivity index (χ1) is 18.5. The fourth-order valence-electron chi connectivity index (χ4n) is 5.90. The Morgan fingerprint density at radius 2 is 1.47 bits per heavy atom. The summed E-state index contributed by atoms with van der Waals surface area (Å²) in [6.45, 7) is 16.9. The number of allylic oxidation sites excluding steroid dienone is 2. The van der Waals surface area contributed by atoms with Crippen molar-refractivity contribution in [3.63, 3.8) is 0 Å². The van der Waals surface area contributed by atoms with E-state index in [-0.39, 0.29) is 0 Å². The van der Waals surface area contributed by atoms with Crippen LogP contribution >= 0.6 is 0 Å². The van der Waals surface area contributed by atoms with E-state index in [1.165, 1.54) is 70.9 Å². The minimum atomic E-state index is 1.06. The zero-order valence-corrected chi connectivity index (χ0v) is 23.1. The summed E-state index contributed by atoms with van der Waals surface area (Å²) < 4.78 is 0. The van der Waals surface area contributed by atoms with Crippen LogP contribution in [0.3, 0.4) is 0 Å². The first-order valence-electron chi connectivity index (χ1n) is 13.6. The van der Waals surface area contributed by atoms with Gasteiger partial charge in [0.2, 0.25) is 0 Å². The van der Waals surface area contributed by atoms with Crippen LogP contribution in [0, 0.1) is 6.92 Å². The van der Waals surface area contributed by atoms with Crippen LogP contribution in [0.2, 0.25) is 0 Å². The van der Waals surface area contributed by atoms with Crippen molar-refractivity contribution < 1.29 is 0 Å². The lowest BCUT2D eigenvalue weighted by molar-refractivity contribution is 0.930. The van der Waals surface area contributed by atoms with Gasteiger partial charge in [-0.3, -0.25) is 0 Å². The molecule has 38 heavy (non-hydrogen) atoms. The van der Waals surface area contributed by atoms with Crippen molar-refractivity contribution >= 4 is 39.3 Å². The van der Waals surface area contributed by atoms with E-state index in [2.05, 4.69) is 132 Å². The van der Waals surface area contributed by atoms with Crippen molar-refractivity contribution in [1.29, 1.82) is 0 Å². The minimum Gasteiger partial charge on any atom is -0.0990 e. The molecule has 0 aliphatic carbocycles. The smallest absolute Gasteiger partial charge is 0.00608 e. The molecule has 0 saturated carbocycles. The lowest BCUT2D eigenvalue weighted by Crippen LogP contribution is -2.26. The summed E-state index contributed by atoms with van der Waals surface area (Å²) >= 11 is 0. The van der Waals surface area contributed by atoms with Gasteiger partial charge in [-0.2, -0.15) is 0 Å². The summed E-state index contributed by atoms with van der Waals surface area (Å²) in [6.07, 6.45) is 8.51. The van der Waals surface area contributed by atoms with Gasteiger partial charge in [-0.25, -0.2) is 0 Å². The molecule has 0 unspecified atom stereocenters. The molecule has 0 aliphatic heterocycles. The van der Waals surface area contributed by atoms with Crippen LogP contribution in [0.25, 0.3) is 61.5 Å². The molecular weight excluding hydrogens is 456 g/mol. The highest BCUT2D eigenvalue weighted by atomic mass is 14.2. The third-order valence-corrected chi connectivity index (χ3v) is 7.69. The predicted molar refractivity (Wildman–Crippen MR) is 170 cm³/mol. The van der Waals surface area contributed by atoms with Crippen molar-refractivity contribution in [2.75, 3.05) is 0 Å². The van der Waals surface area contributed by atoms with E-state index in [4.69, 9.17) is 0 Å². The second-order valence-corrected chi connectivity index (χ2v) is 10.2. The van der Waals surface area contributed by atoms with Crippen molar-refractivity contribution in [3.8, 4) is 22.3 Å². The second-order valence-electron chi connectivity index (χ2n) is 10.2. The van der Waals surface area contributed by atoms with E-state index in [0.29, 0.717) is 0 Å². The molecule has 188 valence electrons. The molecule has 0 saturated heterocycles. The van der Waals surface area contributed by atoms with Gasteiger partial charge in [0.1, 0.15) is 0 Å². The monoisotopic (exact) mass is 492 g/mol. The highest BCUT2D eigenvalue weighted by Gasteiger charge is 2.15. The highest BCUT2D eigenvalue weighted by molar-refractivity contribution is 6.13. The van der Waals surface area contributed by atoms with Gasteiger partial charge < -0.3 is 0 Å². The minimum absolute atomic E-state index is 1.06. The van der Waals surface area contributed by atoms with Gasteiger partial charge in [-0.15, -0.1) is 0 Å². The maximum atomic E-state index is 4.13. The molecule has 5 aromatic carbocycles. The molecule has 0 fully saturated rings. The standard InChI is InChI=1S/C38H36/c1-7-13-27-15-12-20-35-34(14-8-2)32(9-3)36-22-21-33(26(6)37(36)38(27)35)31-19-11-18-30(24-31)29-17-10-16-28(23-29)25(4)5/h8-12,14-24H,2,4,7,13H2,1,3,5-6H3/b32-9+,34-14+. The SMILES string of the molecule is C=C/C=c1\c(=C/C)c2ccc(-c3cccc(-c4cccc(C(=C)C)c4)c3)c(C)c2c2c(CCC)cccc12. The fourth-order valence-corrected chi connectivity index (χ4v) is 5.90. The van der Waals surface area contributed by atoms with E-state index in [9.17, 15) is 0 Å². The molecule has 0 N–H and O–H groups in total. The Labute approximate surface area is 227 Å². The number of fused-ring (bicyclic) bond motifs is 3. The Morgan fingerprint density at radius 1 is 0.789 bits per heavy atom. The largest absolute Gasteiger partial charge is 0.0990 e. The van der Waals surface area contributed by atoms with Crippen molar-refractivity contribution in [2.24, 2.45) is 0 Å². The van der Waals surface area contributed by atoms with Crippen LogP contribution in [0.5, 0.6) is 0 Å². The van der Waals surface area contributed by atoms with Crippen molar-refractivity contribution in [1.82, 2.24) is 0 Å². The first-order valence-corrected chi connectivity index (χ1v) is 13.6. The van der Waals surface area contributed by atoms with Gasteiger partial charge in [0.05, 0.1) is 0 Å². The predicted octanol–water partition coefficient (Wildman–Crippen LogP) is 9.39. The molecular formula is C38H36. The Hall–Kier alpha value is -4.16. The van der Waals surface area contributed by atoms with Gasteiger partial charge in [0.25, 0.3) is 0 Å². The molecule has 0 bridgehead atoms. The van der Waals surface area contributed by atoms with Crippen LogP contribution in [-0.4, -0.2) is 0 Å². The number of aryl methyl sites for hydroxylation is 2. The summed E-state index contributed by atoms with van der Waals surface area (Å²) in [4.78, 5) is 0. The van der Waals surface area contributed by atoms with Crippen LogP contribution in [-0.2, 0) is 6.42 Å². The summed E-state index contributed by atoms with van der Waals surface area (Å²) in [5.74, 6) is 0. The summed E-state index contributed by atoms with van der Waals surface area (Å²) in [5, 5.41) is 7.90. The average molecular weight is 493 g/mol. The molecule has 5 rings (SSSR count). The molecule has 0 atom stereocenters. The van der Waals surface area contributed by atoms with E-state index < -0.39 is 0 Å². The summed E-state index contributed by atoms with van der Waals surface area (Å²) in [7, 11) is 0. The van der Waals surface area contributed by atoms with Crippen LogP contribution in [0.4, 0.5) is 0 Å². The second kappa shape index (κ2) is 10.7. The van der Waals surface area contributed by atoms with Gasteiger partial charge in [0, 0.05) is 0 Å². The van der Waals surface area contributed by atoms with Crippen LogP contribution in [0.15, 0.2) is 98.1 Å². The summed E-state index contributed by atoms with van der Waals surface area (Å²) in [6, 6.07) is 29.0. The third kappa shape index (κ3) is 4.41. The summed E-state index contributed by atoms with van der Waals surface area (Å²) in [5.41, 5.74) is 9.98. The molecule has 0 amide bonds. The van der Waals surface area contributed by atoms with Crippen LogP contribution in [0.1, 0.15) is 43.9 Å². The quantitative estimate of drug-likeness (QED) is 0.207. The Bertz CT molecular complexity index is 1830. The molecule has 0 aromatic heterocycles. The van der Waals surface area contributed by atoms with Crippen molar-refractivity contribution in [3.05, 3.63) is 125 Å².